The van der Waals surface area contributed by atoms with Crippen molar-refractivity contribution in [2.24, 2.45) is 0 Å². The Balaban J connectivity index is 1.36. The topological polar surface area (TPSA) is 111 Å². The summed E-state index contributed by atoms with van der Waals surface area (Å²) in [5, 5.41) is 7.20. The fourth-order valence-corrected chi connectivity index (χ4v) is 4.66. The number of nitrogens with one attached hydrogen (secondary N) is 1. The third kappa shape index (κ3) is 5.64. The third-order valence-electron chi connectivity index (χ3n) is 5.96. The highest BCUT2D eigenvalue weighted by Crippen LogP contribution is 2.31. The van der Waals surface area contributed by atoms with Gasteiger partial charge >= 0.3 is 6.01 Å². The minimum Gasteiger partial charge on any atom is -0.439 e. The standard InChI is InChI=1S/C30H21N3O5S/c34-39(35,36)27-11-5-10-24(18-27)31-28-19-29(37-25-14-12-20-6-1-3-8-22(20)16-25)33-30(32-28)38-26-15-13-21-7-2-4-9-23(21)17-26/h1-19H,(H,31,32,33)(H,34,35,36). The molecule has 0 saturated heterocycles. The molecule has 192 valence electrons. The largest absolute Gasteiger partial charge is 0.439 e. The van der Waals surface area contributed by atoms with Gasteiger partial charge in [-0.2, -0.15) is 18.4 Å². The Labute approximate surface area is 224 Å². The van der Waals surface area contributed by atoms with E-state index in [1.54, 1.807) is 12.1 Å². The first-order valence-electron chi connectivity index (χ1n) is 12.0. The van der Waals surface area contributed by atoms with Gasteiger partial charge in [-0.1, -0.05) is 66.7 Å². The van der Waals surface area contributed by atoms with Gasteiger partial charge in [-0.25, -0.2) is 0 Å². The zero-order valence-corrected chi connectivity index (χ0v) is 21.2. The summed E-state index contributed by atoms with van der Waals surface area (Å²) < 4.78 is 44.7. The minimum absolute atomic E-state index is 0.0250. The average molecular weight is 536 g/mol. The van der Waals surface area contributed by atoms with Crippen LogP contribution in [0.4, 0.5) is 11.5 Å². The maximum absolute atomic E-state index is 11.6. The Morgan fingerprint density at radius 3 is 1.87 bits per heavy atom. The predicted molar refractivity (Wildman–Crippen MR) is 150 cm³/mol. The Kier molecular flexibility index (Phi) is 6.28. The second-order valence-electron chi connectivity index (χ2n) is 8.72. The number of hydrogen-bond acceptors (Lipinski definition) is 7. The lowest BCUT2D eigenvalue weighted by Gasteiger charge is -2.12. The molecule has 1 aromatic heterocycles. The summed E-state index contributed by atoms with van der Waals surface area (Å²) in [4.78, 5) is 8.65. The Morgan fingerprint density at radius 1 is 0.615 bits per heavy atom. The molecule has 1 heterocycles. The summed E-state index contributed by atoms with van der Waals surface area (Å²) in [5.74, 6) is 1.62. The summed E-state index contributed by atoms with van der Waals surface area (Å²) in [6, 6.07) is 34.5. The fraction of sp³-hybridized carbons (Fsp3) is 0. The number of benzene rings is 5. The normalized spacial score (nSPS) is 11.4. The maximum atomic E-state index is 11.6. The van der Waals surface area contributed by atoms with E-state index in [1.807, 2.05) is 84.9 Å². The van der Waals surface area contributed by atoms with Gasteiger partial charge in [0.1, 0.15) is 17.3 Å². The smallest absolute Gasteiger partial charge is 0.327 e. The summed E-state index contributed by atoms with van der Waals surface area (Å²) in [6.45, 7) is 0. The van der Waals surface area contributed by atoms with Crippen molar-refractivity contribution >= 4 is 43.2 Å². The fourth-order valence-electron chi connectivity index (χ4n) is 4.14. The van der Waals surface area contributed by atoms with E-state index < -0.39 is 10.1 Å². The second-order valence-corrected chi connectivity index (χ2v) is 10.1. The molecule has 0 fully saturated rings. The molecule has 0 saturated carbocycles. The van der Waals surface area contributed by atoms with Crippen LogP contribution in [0.2, 0.25) is 0 Å². The highest BCUT2D eigenvalue weighted by atomic mass is 32.2. The third-order valence-corrected chi connectivity index (χ3v) is 6.81. The van der Waals surface area contributed by atoms with E-state index in [9.17, 15) is 13.0 Å². The van der Waals surface area contributed by atoms with E-state index in [0.29, 0.717) is 23.0 Å². The highest BCUT2D eigenvalue weighted by molar-refractivity contribution is 7.85. The molecule has 9 heteroatoms. The van der Waals surface area contributed by atoms with Gasteiger partial charge in [0.15, 0.2) is 0 Å². The van der Waals surface area contributed by atoms with Crippen LogP contribution in [0.1, 0.15) is 0 Å². The molecule has 2 N–H and O–H groups in total. The Bertz CT molecular complexity index is 1840. The van der Waals surface area contributed by atoms with Gasteiger partial charge in [0.25, 0.3) is 10.1 Å². The van der Waals surface area contributed by atoms with Crippen LogP contribution in [0.15, 0.2) is 120 Å². The van der Waals surface area contributed by atoms with Crippen molar-refractivity contribution in [2.75, 3.05) is 5.32 Å². The number of ether oxygens (including phenoxy) is 2. The average Bonchev–Trinajstić information content (AvgIpc) is 2.92. The summed E-state index contributed by atoms with van der Waals surface area (Å²) >= 11 is 0. The number of rotatable bonds is 7. The predicted octanol–water partition coefficient (Wildman–Crippen LogP) is 7.36. The van der Waals surface area contributed by atoms with Crippen LogP contribution in [0.3, 0.4) is 0 Å². The SMILES string of the molecule is O=S(=O)(O)c1cccc(Nc2cc(Oc3ccc4ccccc4c3)nc(Oc3ccc4ccccc4c3)n2)c1. The molecule has 0 unspecified atom stereocenters. The molecule has 0 amide bonds. The Hall–Kier alpha value is -4.99. The molecule has 0 aliphatic heterocycles. The lowest BCUT2D eigenvalue weighted by atomic mass is 10.1. The zero-order chi connectivity index (χ0) is 26.8. The van der Waals surface area contributed by atoms with Crippen LogP contribution in [0.25, 0.3) is 21.5 Å². The van der Waals surface area contributed by atoms with Crippen LogP contribution in [-0.2, 0) is 10.1 Å². The van der Waals surface area contributed by atoms with Crippen LogP contribution < -0.4 is 14.8 Å². The van der Waals surface area contributed by atoms with Gasteiger partial charge in [0.2, 0.25) is 5.88 Å². The number of nitrogens with zero attached hydrogens (tertiary/aromatic N) is 2. The first-order chi connectivity index (χ1) is 18.9. The first kappa shape index (κ1) is 24.4. The van der Waals surface area contributed by atoms with Crippen molar-refractivity contribution in [3.63, 3.8) is 0 Å². The van der Waals surface area contributed by atoms with Crippen LogP contribution >= 0.6 is 0 Å². The quantitative estimate of drug-likeness (QED) is 0.204. The molecule has 0 aliphatic rings. The minimum atomic E-state index is -4.37. The van der Waals surface area contributed by atoms with Gasteiger partial charge in [-0.3, -0.25) is 4.55 Å². The molecule has 8 nitrogen and oxygen atoms in total. The summed E-state index contributed by atoms with van der Waals surface area (Å²) in [6.07, 6.45) is 0. The van der Waals surface area contributed by atoms with Gasteiger partial charge in [-0.05, 0) is 64.0 Å². The van der Waals surface area contributed by atoms with Crippen molar-refractivity contribution in [3.05, 3.63) is 115 Å². The summed E-state index contributed by atoms with van der Waals surface area (Å²) in [7, 11) is -4.37. The van der Waals surface area contributed by atoms with E-state index in [2.05, 4.69) is 15.3 Å². The van der Waals surface area contributed by atoms with Crippen LogP contribution in [-0.4, -0.2) is 22.9 Å². The number of hydrogen-bond donors (Lipinski definition) is 2. The van der Waals surface area contributed by atoms with Gasteiger partial charge in [0.05, 0.1) is 4.90 Å². The molecule has 0 atom stereocenters. The van der Waals surface area contributed by atoms with Crippen LogP contribution in [0, 0.1) is 0 Å². The molecule has 6 rings (SSSR count). The van der Waals surface area contributed by atoms with E-state index in [-0.39, 0.29) is 16.8 Å². The molecule has 0 aliphatic carbocycles. The Morgan fingerprint density at radius 2 is 1.23 bits per heavy atom. The number of anilines is 2. The van der Waals surface area contributed by atoms with Gasteiger partial charge in [0, 0.05) is 11.8 Å². The molecule has 5 aromatic carbocycles. The van der Waals surface area contributed by atoms with Crippen LogP contribution in [0.5, 0.6) is 23.4 Å². The number of fused-ring (bicyclic) bond motifs is 2. The van der Waals surface area contributed by atoms with Gasteiger partial charge in [-0.15, -0.1) is 0 Å². The van der Waals surface area contributed by atoms with Crippen molar-refractivity contribution in [2.45, 2.75) is 4.90 Å². The lowest BCUT2D eigenvalue weighted by Crippen LogP contribution is -2.02. The van der Waals surface area contributed by atoms with E-state index in [0.717, 1.165) is 21.5 Å². The van der Waals surface area contributed by atoms with Crippen molar-refractivity contribution < 1.29 is 22.4 Å². The second kappa shape index (κ2) is 10.1. The molecule has 6 aromatic rings. The maximum Gasteiger partial charge on any atom is 0.327 e. The molecule has 0 bridgehead atoms. The summed E-state index contributed by atoms with van der Waals surface area (Å²) in [5.41, 5.74) is 0.386. The number of aromatic nitrogens is 2. The van der Waals surface area contributed by atoms with Gasteiger partial charge < -0.3 is 14.8 Å². The zero-order valence-electron chi connectivity index (χ0n) is 20.4. The van der Waals surface area contributed by atoms with E-state index in [1.165, 1.54) is 18.2 Å². The lowest BCUT2D eigenvalue weighted by molar-refractivity contribution is 0.413. The van der Waals surface area contributed by atoms with Crippen molar-refractivity contribution in [1.82, 2.24) is 9.97 Å². The molecule has 0 radical (unpaired) electrons. The monoisotopic (exact) mass is 535 g/mol. The molecular formula is C30H21N3O5S. The van der Waals surface area contributed by atoms with E-state index >= 15 is 0 Å². The van der Waals surface area contributed by atoms with E-state index in [4.69, 9.17) is 9.47 Å². The molecular weight excluding hydrogens is 514 g/mol. The van der Waals surface area contributed by atoms with Crippen molar-refractivity contribution in [1.29, 1.82) is 0 Å². The first-order valence-corrected chi connectivity index (χ1v) is 13.4. The molecule has 0 spiro atoms. The highest BCUT2D eigenvalue weighted by Gasteiger charge is 2.13. The van der Waals surface area contributed by atoms with Crippen molar-refractivity contribution in [3.8, 4) is 23.4 Å². The molecule has 39 heavy (non-hydrogen) atoms.